The molecule has 1 atom stereocenters. The number of fused-ring (bicyclic) bond motifs is 1. The van der Waals surface area contributed by atoms with Crippen LogP contribution >= 0.6 is 11.3 Å². The van der Waals surface area contributed by atoms with Crippen molar-refractivity contribution in [3.05, 3.63) is 29.1 Å². The molecule has 90 valence electrons. The molecule has 1 aliphatic carbocycles. The number of rotatable bonds is 3. The number of methoxy groups -OCH3 is 1. The minimum absolute atomic E-state index is 0.154. The van der Waals surface area contributed by atoms with Gasteiger partial charge in [-0.25, -0.2) is 0 Å². The monoisotopic (exact) mass is 247 g/mol. The molecule has 1 heterocycles. The summed E-state index contributed by atoms with van der Waals surface area (Å²) in [5, 5.41) is 3.34. The lowest BCUT2D eigenvalue weighted by Crippen LogP contribution is -2.31. The summed E-state index contributed by atoms with van der Waals surface area (Å²) in [6, 6.07) is 6.72. The minimum atomic E-state index is 0.154. The Morgan fingerprint density at radius 2 is 2.12 bits per heavy atom. The summed E-state index contributed by atoms with van der Waals surface area (Å²) in [6.45, 7) is 2.10. The van der Waals surface area contributed by atoms with Crippen LogP contribution in [0, 0.1) is 0 Å². The van der Waals surface area contributed by atoms with E-state index in [1.54, 1.807) is 18.4 Å². The van der Waals surface area contributed by atoms with Crippen LogP contribution < -0.4 is 10.5 Å². The molecule has 2 N–H and O–H groups in total. The fraction of sp³-hybridized carbons (Fsp3) is 0.429. The number of ether oxygens (including phenoxy) is 1. The van der Waals surface area contributed by atoms with Gasteiger partial charge < -0.3 is 10.5 Å². The van der Waals surface area contributed by atoms with Gasteiger partial charge >= 0.3 is 0 Å². The number of hydrogen-bond donors (Lipinski definition) is 1. The third kappa shape index (κ3) is 1.49. The highest BCUT2D eigenvalue weighted by Gasteiger charge is 2.49. The van der Waals surface area contributed by atoms with Crippen LogP contribution in [0.25, 0.3) is 10.1 Å². The van der Waals surface area contributed by atoms with Gasteiger partial charge in [0.1, 0.15) is 5.75 Å². The third-order valence-electron chi connectivity index (χ3n) is 3.99. The second-order valence-corrected chi connectivity index (χ2v) is 5.87. The number of hydrogen-bond acceptors (Lipinski definition) is 3. The molecule has 0 saturated heterocycles. The topological polar surface area (TPSA) is 35.2 Å². The molecule has 1 aromatic heterocycles. The first-order chi connectivity index (χ1) is 8.19. The Hall–Kier alpha value is -1.06. The molecule has 1 saturated carbocycles. The van der Waals surface area contributed by atoms with Crippen LogP contribution in [-0.2, 0) is 5.41 Å². The molecule has 0 bridgehead atoms. The van der Waals surface area contributed by atoms with Crippen molar-refractivity contribution < 1.29 is 4.74 Å². The molecule has 0 spiro atoms. The van der Waals surface area contributed by atoms with E-state index in [0.717, 1.165) is 5.75 Å². The Kier molecular flexibility index (Phi) is 2.42. The van der Waals surface area contributed by atoms with E-state index in [4.69, 9.17) is 10.5 Å². The average molecular weight is 247 g/mol. The minimum Gasteiger partial charge on any atom is -0.496 e. The summed E-state index contributed by atoms with van der Waals surface area (Å²) in [7, 11) is 1.76. The molecule has 3 rings (SSSR count). The van der Waals surface area contributed by atoms with E-state index in [1.165, 1.54) is 28.5 Å². The van der Waals surface area contributed by atoms with Crippen molar-refractivity contribution in [2.75, 3.05) is 7.11 Å². The first-order valence-electron chi connectivity index (χ1n) is 5.99. The van der Waals surface area contributed by atoms with Crippen molar-refractivity contribution >= 4 is 21.4 Å². The smallest absolute Gasteiger partial charge is 0.131 e. The second-order valence-electron chi connectivity index (χ2n) is 4.92. The Morgan fingerprint density at radius 1 is 1.35 bits per heavy atom. The van der Waals surface area contributed by atoms with Gasteiger partial charge in [-0.3, -0.25) is 0 Å². The van der Waals surface area contributed by atoms with Gasteiger partial charge in [-0.15, -0.1) is 11.3 Å². The van der Waals surface area contributed by atoms with Gasteiger partial charge in [0, 0.05) is 27.1 Å². The van der Waals surface area contributed by atoms with Gasteiger partial charge in [0.25, 0.3) is 0 Å². The standard InChI is InChI=1S/C14H17NOS/c1-9(15)14(6-7-14)11-3-4-12-10(5-8-17-12)13(11)16-2/h3-5,8-9H,6-7,15H2,1-2H3. The van der Waals surface area contributed by atoms with E-state index >= 15 is 0 Å². The second kappa shape index (κ2) is 3.72. The van der Waals surface area contributed by atoms with E-state index in [0.29, 0.717) is 0 Å². The largest absolute Gasteiger partial charge is 0.496 e. The normalized spacial score (nSPS) is 19.2. The van der Waals surface area contributed by atoms with Crippen molar-refractivity contribution in [1.29, 1.82) is 0 Å². The molecule has 1 unspecified atom stereocenters. The molecular formula is C14H17NOS. The van der Waals surface area contributed by atoms with Crippen molar-refractivity contribution in [2.24, 2.45) is 5.73 Å². The fourth-order valence-electron chi connectivity index (χ4n) is 2.73. The predicted molar refractivity (Wildman–Crippen MR) is 72.9 cm³/mol. The van der Waals surface area contributed by atoms with Gasteiger partial charge in [-0.2, -0.15) is 0 Å². The van der Waals surface area contributed by atoms with E-state index < -0.39 is 0 Å². The highest BCUT2D eigenvalue weighted by molar-refractivity contribution is 7.17. The predicted octanol–water partition coefficient (Wildman–Crippen LogP) is 3.29. The zero-order valence-electron chi connectivity index (χ0n) is 10.2. The maximum atomic E-state index is 6.15. The van der Waals surface area contributed by atoms with Gasteiger partial charge in [0.05, 0.1) is 7.11 Å². The van der Waals surface area contributed by atoms with Crippen molar-refractivity contribution in [2.45, 2.75) is 31.2 Å². The van der Waals surface area contributed by atoms with Gasteiger partial charge in [0.2, 0.25) is 0 Å². The Bertz CT molecular complexity index is 554. The molecule has 2 aromatic rings. The fourth-order valence-corrected chi connectivity index (χ4v) is 3.52. The zero-order valence-corrected chi connectivity index (χ0v) is 11.0. The lowest BCUT2D eigenvalue weighted by Gasteiger charge is -2.23. The Balaban J connectivity index is 2.23. The van der Waals surface area contributed by atoms with E-state index in [-0.39, 0.29) is 11.5 Å². The summed E-state index contributed by atoms with van der Waals surface area (Å²) >= 11 is 1.75. The lowest BCUT2D eigenvalue weighted by molar-refractivity contribution is 0.403. The summed E-state index contributed by atoms with van der Waals surface area (Å²) in [5.41, 5.74) is 7.60. The molecule has 17 heavy (non-hydrogen) atoms. The van der Waals surface area contributed by atoms with Gasteiger partial charge in [0.15, 0.2) is 0 Å². The van der Waals surface area contributed by atoms with Crippen LogP contribution in [0.1, 0.15) is 25.3 Å². The SMILES string of the molecule is COc1c(C2(C(C)N)CC2)ccc2sccc12. The van der Waals surface area contributed by atoms with Crippen LogP contribution in [0.5, 0.6) is 5.75 Å². The lowest BCUT2D eigenvalue weighted by atomic mass is 9.88. The van der Waals surface area contributed by atoms with Crippen molar-refractivity contribution in [3.8, 4) is 5.75 Å². The number of thiophene rings is 1. The van der Waals surface area contributed by atoms with Crippen LogP contribution in [0.15, 0.2) is 23.6 Å². The van der Waals surface area contributed by atoms with E-state index in [2.05, 4.69) is 30.5 Å². The van der Waals surface area contributed by atoms with E-state index in [1.807, 2.05) is 0 Å². The van der Waals surface area contributed by atoms with Crippen LogP contribution in [0.3, 0.4) is 0 Å². The van der Waals surface area contributed by atoms with Crippen LogP contribution in [-0.4, -0.2) is 13.2 Å². The van der Waals surface area contributed by atoms with Crippen LogP contribution in [0.2, 0.25) is 0 Å². The molecule has 1 aliphatic rings. The molecule has 0 aliphatic heterocycles. The van der Waals surface area contributed by atoms with Crippen LogP contribution in [0.4, 0.5) is 0 Å². The summed E-state index contributed by atoms with van der Waals surface area (Å²) in [5.74, 6) is 1.03. The molecule has 1 fully saturated rings. The average Bonchev–Trinajstić information content (AvgIpc) is 3.00. The number of benzene rings is 1. The van der Waals surface area contributed by atoms with Crippen molar-refractivity contribution in [1.82, 2.24) is 0 Å². The highest BCUT2D eigenvalue weighted by atomic mass is 32.1. The molecule has 2 nitrogen and oxygen atoms in total. The highest BCUT2D eigenvalue weighted by Crippen LogP contribution is 2.54. The van der Waals surface area contributed by atoms with Crippen molar-refractivity contribution in [3.63, 3.8) is 0 Å². The van der Waals surface area contributed by atoms with E-state index in [9.17, 15) is 0 Å². The molecular weight excluding hydrogens is 230 g/mol. The maximum absolute atomic E-state index is 6.15. The quantitative estimate of drug-likeness (QED) is 0.903. The summed E-state index contributed by atoms with van der Waals surface area (Å²) in [4.78, 5) is 0. The molecule has 0 amide bonds. The molecule has 3 heteroatoms. The summed E-state index contributed by atoms with van der Waals surface area (Å²) < 4.78 is 6.93. The first kappa shape index (κ1) is 11.1. The van der Waals surface area contributed by atoms with Gasteiger partial charge in [-0.05, 0) is 37.3 Å². The molecule has 0 radical (unpaired) electrons. The third-order valence-corrected chi connectivity index (χ3v) is 4.87. The first-order valence-corrected chi connectivity index (χ1v) is 6.87. The van der Waals surface area contributed by atoms with Gasteiger partial charge in [-0.1, -0.05) is 6.07 Å². The Morgan fingerprint density at radius 3 is 2.71 bits per heavy atom. The summed E-state index contributed by atoms with van der Waals surface area (Å²) in [6.07, 6.45) is 2.35. The maximum Gasteiger partial charge on any atom is 0.131 e. The molecule has 1 aromatic carbocycles. The zero-order chi connectivity index (χ0) is 12.0. The number of nitrogens with two attached hydrogens (primary N) is 1. The Labute approximate surface area is 105 Å².